The van der Waals surface area contributed by atoms with Crippen molar-refractivity contribution in [2.75, 3.05) is 18.5 Å². The third kappa shape index (κ3) is 5.00. The van der Waals surface area contributed by atoms with Gasteiger partial charge >= 0.3 is 0 Å². The number of benzene rings is 3. The zero-order chi connectivity index (χ0) is 25.1. The topological polar surface area (TPSA) is 71.8 Å². The molecule has 0 bridgehead atoms. The van der Waals surface area contributed by atoms with Gasteiger partial charge in [-0.2, -0.15) is 0 Å². The fourth-order valence-electron chi connectivity index (χ4n) is 4.43. The van der Waals surface area contributed by atoms with Crippen molar-refractivity contribution in [2.24, 2.45) is 0 Å². The van der Waals surface area contributed by atoms with Crippen molar-refractivity contribution in [1.82, 2.24) is 4.90 Å². The monoisotopic (exact) mass is 484 g/mol. The summed E-state index contributed by atoms with van der Waals surface area (Å²) < 4.78 is 24.9. The molecular formula is C29H25FN2O4. The van der Waals surface area contributed by atoms with Gasteiger partial charge < -0.3 is 19.4 Å². The Morgan fingerprint density at radius 2 is 1.83 bits per heavy atom. The molecule has 1 unspecified atom stereocenters. The Labute approximate surface area is 208 Å². The van der Waals surface area contributed by atoms with E-state index in [0.717, 1.165) is 22.3 Å². The van der Waals surface area contributed by atoms with E-state index in [1.165, 1.54) is 18.4 Å². The average Bonchev–Trinajstić information content (AvgIpc) is 3.43. The van der Waals surface area contributed by atoms with Gasteiger partial charge in [0.15, 0.2) is 12.4 Å². The van der Waals surface area contributed by atoms with Crippen molar-refractivity contribution in [1.29, 1.82) is 0 Å². The second-order valence-electron chi connectivity index (χ2n) is 8.74. The standard InChI is InChI=1S/C29H25FN2O4/c1-19-4-11-23(12-5-19)31-27(33)18-36-24-13-8-20-14-15-32(29(34)26-3-2-16-35-26)28(25(20)17-24)21-6-9-22(30)10-7-21/h2-13,16-17,28H,14-15,18H2,1H3,(H,31,33). The van der Waals surface area contributed by atoms with E-state index in [0.29, 0.717) is 24.4 Å². The van der Waals surface area contributed by atoms with Crippen LogP contribution in [-0.4, -0.2) is 29.9 Å². The molecule has 2 heterocycles. The molecule has 4 aromatic rings. The molecular weight excluding hydrogens is 459 g/mol. The lowest BCUT2D eigenvalue weighted by molar-refractivity contribution is -0.118. The molecule has 3 aromatic carbocycles. The molecule has 1 aliphatic heterocycles. The first-order valence-electron chi connectivity index (χ1n) is 11.7. The largest absolute Gasteiger partial charge is 0.484 e. The number of nitrogens with zero attached hydrogens (tertiary/aromatic N) is 1. The maximum Gasteiger partial charge on any atom is 0.290 e. The van der Waals surface area contributed by atoms with Crippen molar-refractivity contribution >= 4 is 17.5 Å². The highest BCUT2D eigenvalue weighted by molar-refractivity contribution is 5.92. The third-order valence-electron chi connectivity index (χ3n) is 6.23. The lowest BCUT2D eigenvalue weighted by Gasteiger charge is -2.37. The van der Waals surface area contributed by atoms with Gasteiger partial charge in [-0.05, 0) is 78.6 Å². The van der Waals surface area contributed by atoms with Crippen molar-refractivity contribution in [3.8, 4) is 5.75 Å². The van der Waals surface area contributed by atoms with Crippen LogP contribution in [0, 0.1) is 12.7 Å². The minimum Gasteiger partial charge on any atom is -0.484 e. The Morgan fingerprint density at radius 1 is 1.06 bits per heavy atom. The normalized spacial score (nSPS) is 14.7. The summed E-state index contributed by atoms with van der Waals surface area (Å²) in [5, 5.41) is 2.82. The van der Waals surface area contributed by atoms with Crippen LogP contribution in [0.4, 0.5) is 10.1 Å². The Hall–Kier alpha value is -4.39. The second-order valence-corrected chi connectivity index (χ2v) is 8.74. The molecule has 7 heteroatoms. The number of anilines is 1. The van der Waals surface area contributed by atoms with Gasteiger partial charge in [0.2, 0.25) is 0 Å². The number of hydrogen-bond acceptors (Lipinski definition) is 4. The first kappa shape index (κ1) is 23.4. The molecule has 0 spiro atoms. The fraction of sp³-hybridized carbons (Fsp3) is 0.172. The van der Waals surface area contributed by atoms with E-state index in [-0.39, 0.29) is 30.0 Å². The van der Waals surface area contributed by atoms with Crippen LogP contribution in [0.1, 0.15) is 38.9 Å². The Kier molecular flexibility index (Phi) is 6.54. The highest BCUT2D eigenvalue weighted by Crippen LogP contribution is 2.38. The molecule has 0 saturated heterocycles. The maximum absolute atomic E-state index is 13.7. The predicted molar refractivity (Wildman–Crippen MR) is 133 cm³/mol. The van der Waals surface area contributed by atoms with E-state index in [9.17, 15) is 14.0 Å². The van der Waals surface area contributed by atoms with Crippen LogP contribution >= 0.6 is 0 Å². The summed E-state index contributed by atoms with van der Waals surface area (Å²) in [7, 11) is 0. The van der Waals surface area contributed by atoms with E-state index >= 15 is 0 Å². The van der Waals surface area contributed by atoms with Gasteiger partial charge in [0.05, 0.1) is 12.3 Å². The third-order valence-corrected chi connectivity index (χ3v) is 6.23. The Balaban J connectivity index is 1.40. The molecule has 1 atom stereocenters. The van der Waals surface area contributed by atoms with Gasteiger partial charge in [-0.1, -0.05) is 35.9 Å². The van der Waals surface area contributed by atoms with Crippen molar-refractivity contribution in [3.05, 3.63) is 119 Å². The SMILES string of the molecule is Cc1ccc(NC(=O)COc2ccc3c(c2)C(c2ccc(F)cc2)N(C(=O)c2ccco2)CC3)cc1. The molecule has 0 aliphatic carbocycles. The number of fused-ring (bicyclic) bond motifs is 1. The van der Waals surface area contributed by atoms with E-state index in [1.807, 2.05) is 49.4 Å². The lowest BCUT2D eigenvalue weighted by Crippen LogP contribution is -2.40. The summed E-state index contributed by atoms with van der Waals surface area (Å²) in [6.07, 6.45) is 2.11. The van der Waals surface area contributed by atoms with Gasteiger partial charge in [0.25, 0.3) is 11.8 Å². The molecule has 1 N–H and O–H groups in total. The van der Waals surface area contributed by atoms with Gasteiger partial charge in [0, 0.05) is 12.2 Å². The smallest absolute Gasteiger partial charge is 0.290 e. The van der Waals surface area contributed by atoms with Crippen LogP contribution in [0.2, 0.25) is 0 Å². The number of carbonyl (C=O) groups is 2. The van der Waals surface area contributed by atoms with Crippen LogP contribution in [0.5, 0.6) is 5.75 Å². The maximum atomic E-state index is 13.7. The number of rotatable bonds is 6. The summed E-state index contributed by atoms with van der Waals surface area (Å²) in [6.45, 7) is 2.30. The molecule has 1 aliphatic rings. The van der Waals surface area contributed by atoms with Crippen molar-refractivity contribution in [3.63, 3.8) is 0 Å². The first-order chi connectivity index (χ1) is 17.5. The number of furan rings is 1. The van der Waals surface area contributed by atoms with Crippen LogP contribution in [-0.2, 0) is 11.2 Å². The van der Waals surface area contributed by atoms with Gasteiger partial charge in [-0.3, -0.25) is 9.59 Å². The van der Waals surface area contributed by atoms with E-state index in [1.54, 1.807) is 29.2 Å². The summed E-state index contributed by atoms with van der Waals surface area (Å²) in [5.74, 6) is -0.127. The summed E-state index contributed by atoms with van der Waals surface area (Å²) >= 11 is 0. The molecule has 0 fully saturated rings. The molecule has 2 amide bonds. The highest BCUT2D eigenvalue weighted by Gasteiger charge is 2.34. The van der Waals surface area contributed by atoms with Crippen LogP contribution in [0.25, 0.3) is 0 Å². The number of amides is 2. The highest BCUT2D eigenvalue weighted by atomic mass is 19.1. The van der Waals surface area contributed by atoms with Gasteiger partial charge in [-0.25, -0.2) is 4.39 Å². The molecule has 5 rings (SSSR count). The minimum absolute atomic E-state index is 0.164. The molecule has 0 saturated carbocycles. The van der Waals surface area contributed by atoms with E-state index in [2.05, 4.69) is 5.32 Å². The Bertz CT molecular complexity index is 1370. The molecule has 1 aromatic heterocycles. The van der Waals surface area contributed by atoms with E-state index < -0.39 is 6.04 Å². The molecule has 0 radical (unpaired) electrons. The number of aryl methyl sites for hydroxylation is 1. The minimum atomic E-state index is -0.461. The first-order valence-corrected chi connectivity index (χ1v) is 11.7. The van der Waals surface area contributed by atoms with Crippen molar-refractivity contribution < 1.29 is 23.1 Å². The Morgan fingerprint density at radius 3 is 2.56 bits per heavy atom. The zero-order valence-electron chi connectivity index (χ0n) is 19.7. The van der Waals surface area contributed by atoms with Crippen LogP contribution in [0.3, 0.4) is 0 Å². The van der Waals surface area contributed by atoms with Gasteiger partial charge in [-0.15, -0.1) is 0 Å². The number of hydrogen-bond donors (Lipinski definition) is 1. The van der Waals surface area contributed by atoms with Gasteiger partial charge in [0.1, 0.15) is 11.6 Å². The molecule has 6 nitrogen and oxygen atoms in total. The number of halogens is 1. The molecule has 182 valence electrons. The number of carbonyl (C=O) groups excluding carboxylic acids is 2. The molecule has 36 heavy (non-hydrogen) atoms. The quantitative estimate of drug-likeness (QED) is 0.391. The number of nitrogens with one attached hydrogen (secondary N) is 1. The van der Waals surface area contributed by atoms with E-state index in [4.69, 9.17) is 9.15 Å². The predicted octanol–water partition coefficient (Wildman–Crippen LogP) is 5.53. The average molecular weight is 485 g/mol. The zero-order valence-corrected chi connectivity index (χ0v) is 19.7. The number of ether oxygens (including phenoxy) is 1. The van der Waals surface area contributed by atoms with Crippen LogP contribution < -0.4 is 10.1 Å². The lowest BCUT2D eigenvalue weighted by atomic mass is 9.87. The second kappa shape index (κ2) is 10.1. The summed E-state index contributed by atoms with van der Waals surface area (Å²) in [4.78, 5) is 27.4. The van der Waals surface area contributed by atoms with Crippen molar-refractivity contribution in [2.45, 2.75) is 19.4 Å². The summed E-state index contributed by atoms with van der Waals surface area (Å²) in [6, 6.07) is 22.1. The summed E-state index contributed by atoms with van der Waals surface area (Å²) in [5.41, 5.74) is 4.50. The van der Waals surface area contributed by atoms with Crippen LogP contribution in [0.15, 0.2) is 89.5 Å². The fourth-order valence-corrected chi connectivity index (χ4v) is 4.43.